The molecule has 1 N–H and O–H groups in total. The highest BCUT2D eigenvalue weighted by atomic mass is 16.4. The van der Waals surface area contributed by atoms with E-state index in [1.54, 1.807) is 6.92 Å². The van der Waals surface area contributed by atoms with Crippen LogP contribution in [0.3, 0.4) is 0 Å². The molecule has 0 aliphatic heterocycles. The quantitative estimate of drug-likeness (QED) is 0.495. The second kappa shape index (κ2) is 9.45. The van der Waals surface area contributed by atoms with E-state index in [0.717, 1.165) is 43.6 Å². The summed E-state index contributed by atoms with van der Waals surface area (Å²) in [6, 6.07) is 9.68. The van der Waals surface area contributed by atoms with Crippen LogP contribution in [-0.2, 0) is 0 Å². The molecule has 0 radical (unpaired) electrons. The summed E-state index contributed by atoms with van der Waals surface area (Å²) in [7, 11) is 0. The maximum atomic E-state index is 12.8. The average Bonchev–Trinajstić information content (AvgIpc) is 3.39. The lowest BCUT2D eigenvalue weighted by Gasteiger charge is -2.15. The number of aromatic nitrogens is 4. The zero-order valence-electron chi connectivity index (χ0n) is 18.6. The standard InChI is InChI=1S/C24H31N5O2/c1-4-6-8-17(5-2)15-25-23(30)19-9-7-10-20(13-19)29-22(18-11-12-18)14-21(28-29)24-27-26-16(3)31-24/h7,9-10,13-14,17-18H,4-6,8,11-12,15H2,1-3H3,(H,25,30)/t17-/m0/s1. The summed E-state index contributed by atoms with van der Waals surface area (Å²) in [6.45, 7) is 6.87. The molecule has 0 saturated heterocycles. The van der Waals surface area contributed by atoms with Gasteiger partial charge in [0, 0.05) is 30.6 Å². The molecule has 1 aliphatic carbocycles. The molecule has 1 fully saturated rings. The van der Waals surface area contributed by atoms with Crippen molar-refractivity contribution in [3.8, 4) is 17.3 Å². The van der Waals surface area contributed by atoms with Crippen molar-refractivity contribution in [3.05, 3.63) is 47.5 Å². The summed E-state index contributed by atoms with van der Waals surface area (Å²) in [5, 5.41) is 15.9. The Bertz CT molecular complexity index is 1030. The van der Waals surface area contributed by atoms with E-state index in [0.29, 0.717) is 34.9 Å². The number of benzene rings is 1. The van der Waals surface area contributed by atoms with Gasteiger partial charge in [-0.05, 0) is 49.4 Å². The van der Waals surface area contributed by atoms with Gasteiger partial charge in [0.15, 0.2) is 0 Å². The van der Waals surface area contributed by atoms with Crippen LogP contribution in [0.25, 0.3) is 17.3 Å². The first-order valence-corrected chi connectivity index (χ1v) is 11.4. The van der Waals surface area contributed by atoms with Crippen LogP contribution in [0.4, 0.5) is 0 Å². The molecule has 4 rings (SSSR count). The van der Waals surface area contributed by atoms with Crippen LogP contribution in [0, 0.1) is 12.8 Å². The third kappa shape index (κ3) is 5.03. The van der Waals surface area contributed by atoms with Crippen molar-refractivity contribution in [2.75, 3.05) is 6.54 Å². The van der Waals surface area contributed by atoms with Crippen LogP contribution in [0.5, 0.6) is 0 Å². The van der Waals surface area contributed by atoms with Crippen molar-refractivity contribution >= 4 is 5.91 Å². The van der Waals surface area contributed by atoms with Crippen LogP contribution in [0.15, 0.2) is 34.7 Å². The molecule has 2 aromatic heterocycles. The summed E-state index contributed by atoms with van der Waals surface area (Å²) in [5.74, 6) is 1.90. The first-order chi connectivity index (χ1) is 15.1. The average molecular weight is 422 g/mol. The summed E-state index contributed by atoms with van der Waals surface area (Å²) in [5.41, 5.74) is 3.30. The Morgan fingerprint density at radius 3 is 2.77 bits per heavy atom. The van der Waals surface area contributed by atoms with E-state index in [9.17, 15) is 4.79 Å². The molecule has 2 heterocycles. The van der Waals surface area contributed by atoms with Gasteiger partial charge in [0.1, 0.15) is 5.69 Å². The van der Waals surface area contributed by atoms with Gasteiger partial charge < -0.3 is 9.73 Å². The Morgan fingerprint density at radius 1 is 1.26 bits per heavy atom. The molecule has 3 aromatic rings. The highest BCUT2D eigenvalue weighted by molar-refractivity contribution is 5.94. The number of rotatable bonds is 10. The first kappa shape index (κ1) is 21.3. The maximum Gasteiger partial charge on any atom is 0.268 e. The summed E-state index contributed by atoms with van der Waals surface area (Å²) < 4.78 is 7.48. The third-order valence-electron chi connectivity index (χ3n) is 5.93. The number of hydrogen-bond donors (Lipinski definition) is 1. The van der Waals surface area contributed by atoms with Crippen molar-refractivity contribution in [1.29, 1.82) is 0 Å². The van der Waals surface area contributed by atoms with Gasteiger partial charge in [-0.15, -0.1) is 10.2 Å². The Labute approximate surface area is 183 Å². The van der Waals surface area contributed by atoms with E-state index in [4.69, 9.17) is 9.52 Å². The van der Waals surface area contributed by atoms with Crippen molar-refractivity contribution in [2.45, 2.75) is 65.2 Å². The zero-order valence-corrected chi connectivity index (χ0v) is 18.6. The second-order valence-corrected chi connectivity index (χ2v) is 8.44. The second-order valence-electron chi connectivity index (χ2n) is 8.44. The topological polar surface area (TPSA) is 85.8 Å². The zero-order chi connectivity index (χ0) is 21.8. The van der Waals surface area contributed by atoms with Crippen LogP contribution < -0.4 is 5.32 Å². The lowest BCUT2D eigenvalue weighted by Crippen LogP contribution is -2.29. The SMILES string of the molecule is CCCC[C@H](CC)CNC(=O)c1cccc(-n2nc(-c3nnc(C)o3)cc2C2CC2)c1. The molecular formula is C24H31N5O2. The molecule has 164 valence electrons. The van der Waals surface area contributed by atoms with Crippen LogP contribution in [-0.4, -0.2) is 32.4 Å². The van der Waals surface area contributed by atoms with Crippen LogP contribution >= 0.6 is 0 Å². The first-order valence-electron chi connectivity index (χ1n) is 11.4. The Hall–Kier alpha value is -2.96. The molecule has 1 saturated carbocycles. The molecule has 1 amide bonds. The predicted molar refractivity (Wildman–Crippen MR) is 119 cm³/mol. The molecular weight excluding hydrogens is 390 g/mol. The molecule has 0 bridgehead atoms. The highest BCUT2D eigenvalue weighted by Crippen LogP contribution is 2.42. The van der Waals surface area contributed by atoms with Gasteiger partial charge in [-0.3, -0.25) is 4.79 Å². The van der Waals surface area contributed by atoms with Crippen LogP contribution in [0.2, 0.25) is 0 Å². The van der Waals surface area contributed by atoms with E-state index in [-0.39, 0.29) is 5.91 Å². The normalized spacial score (nSPS) is 14.5. The van der Waals surface area contributed by atoms with E-state index >= 15 is 0 Å². The Balaban J connectivity index is 1.54. The maximum absolute atomic E-state index is 12.8. The molecule has 31 heavy (non-hydrogen) atoms. The summed E-state index contributed by atoms with van der Waals surface area (Å²) in [4.78, 5) is 12.8. The number of hydrogen-bond acceptors (Lipinski definition) is 5. The van der Waals surface area contributed by atoms with Crippen molar-refractivity contribution in [3.63, 3.8) is 0 Å². The highest BCUT2D eigenvalue weighted by Gasteiger charge is 2.30. The number of nitrogens with one attached hydrogen (secondary N) is 1. The van der Waals surface area contributed by atoms with Crippen molar-refractivity contribution in [2.24, 2.45) is 5.92 Å². The van der Waals surface area contributed by atoms with Crippen molar-refractivity contribution in [1.82, 2.24) is 25.3 Å². The number of carbonyl (C=O) groups excluding carboxylic acids is 1. The minimum atomic E-state index is -0.0373. The number of aryl methyl sites for hydroxylation is 1. The lowest BCUT2D eigenvalue weighted by molar-refractivity contribution is 0.0945. The number of nitrogens with zero attached hydrogens (tertiary/aromatic N) is 4. The molecule has 7 nitrogen and oxygen atoms in total. The van der Waals surface area contributed by atoms with Gasteiger partial charge in [0.05, 0.1) is 5.69 Å². The monoisotopic (exact) mass is 421 g/mol. The van der Waals surface area contributed by atoms with E-state index in [1.165, 1.54) is 12.8 Å². The number of amides is 1. The van der Waals surface area contributed by atoms with E-state index < -0.39 is 0 Å². The Kier molecular flexibility index (Phi) is 6.49. The fourth-order valence-electron chi connectivity index (χ4n) is 3.84. The van der Waals surface area contributed by atoms with E-state index in [1.807, 2.05) is 35.0 Å². The van der Waals surface area contributed by atoms with Gasteiger partial charge >= 0.3 is 0 Å². The van der Waals surface area contributed by atoms with Gasteiger partial charge in [-0.25, -0.2) is 4.68 Å². The molecule has 1 aromatic carbocycles. The third-order valence-corrected chi connectivity index (χ3v) is 5.93. The van der Waals surface area contributed by atoms with Crippen LogP contribution in [0.1, 0.15) is 80.2 Å². The number of carbonyl (C=O) groups is 1. The summed E-state index contributed by atoms with van der Waals surface area (Å²) >= 11 is 0. The molecule has 1 aliphatic rings. The fraction of sp³-hybridized carbons (Fsp3) is 0.500. The molecule has 0 spiro atoms. The van der Waals surface area contributed by atoms with Gasteiger partial charge in [-0.2, -0.15) is 5.10 Å². The fourth-order valence-corrected chi connectivity index (χ4v) is 3.84. The lowest BCUT2D eigenvalue weighted by atomic mass is 9.99. The van der Waals surface area contributed by atoms with E-state index in [2.05, 4.69) is 29.4 Å². The number of unbranched alkanes of at least 4 members (excludes halogenated alkanes) is 1. The smallest absolute Gasteiger partial charge is 0.268 e. The minimum absolute atomic E-state index is 0.0373. The van der Waals surface area contributed by atoms with Gasteiger partial charge in [-0.1, -0.05) is 39.2 Å². The van der Waals surface area contributed by atoms with Crippen molar-refractivity contribution < 1.29 is 9.21 Å². The largest absolute Gasteiger partial charge is 0.420 e. The minimum Gasteiger partial charge on any atom is -0.420 e. The molecule has 0 unspecified atom stereocenters. The Morgan fingerprint density at radius 2 is 2.10 bits per heavy atom. The summed E-state index contributed by atoms with van der Waals surface area (Å²) in [6.07, 6.45) is 6.91. The van der Waals surface area contributed by atoms with Gasteiger partial charge in [0.2, 0.25) is 5.89 Å². The van der Waals surface area contributed by atoms with Gasteiger partial charge in [0.25, 0.3) is 11.8 Å². The molecule has 7 heteroatoms. The molecule has 1 atom stereocenters. The predicted octanol–water partition coefficient (Wildman–Crippen LogP) is 5.05.